The Morgan fingerprint density at radius 3 is 2.59 bits per heavy atom. The van der Waals surface area contributed by atoms with E-state index in [1.54, 1.807) is 66.9 Å². The first-order valence-electron chi connectivity index (χ1n) is 10.7. The van der Waals surface area contributed by atoms with Gasteiger partial charge < -0.3 is 20.1 Å². The van der Waals surface area contributed by atoms with Gasteiger partial charge in [-0.25, -0.2) is 9.18 Å². The van der Waals surface area contributed by atoms with Gasteiger partial charge in [-0.2, -0.15) is 0 Å². The Balaban J connectivity index is 1.49. The van der Waals surface area contributed by atoms with Crippen molar-refractivity contribution in [3.8, 4) is 11.1 Å². The van der Waals surface area contributed by atoms with Crippen LogP contribution in [0.25, 0.3) is 11.1 Å². The smallest absolute Gasteiger partial charge is 0.319 e. The molecular formula is C25H23ClFN3O3S. The minimum atomic E-state index is -1.23. The number of rotatable bonds is 5. The highest BCUT2D eigenvalue weighted by Crippen LogP contribution is 2.32. The molecule has 2 atom stereocenters. The van der Waals surface area contributed by atoms with E-state index < -0.39 is 29.1 Å². The van der Waals surface area contributed by atoms with Crippen LogP contribution in [0.3, 0.4) is 0 Å². The van der Waals surface area contributed by atoms with Crippen molar-refractivity contribution in [2.75, 3.05) is 23.0 Å². The van der Waals surface area contributed by atoms with Gasteiger partial charge in [0.2, 0.25) is 5.91 Å². The van der Waals surface area contributed by atoms with Gasteiger partial charge in [0, 0.05) is 22.8 Å². The molecule has 176 valence electrons. The molecule has 0 saturated carbocycles. The summed E-state index contributed by atoms with van der Waals surface area (Å²) in [5.74, 6) is -0.937. The fraction of sp³-hybridized carbons (Fsp3) is 0.200. The van der Waals surface area contributed by atoms with Crippen LogP contribution in [0, 0.1) is 5.82 Å². The SMILES string of the molecule is C[S+]([O-])c1ccccc1-c1ccc(N2CCCC(NC(=O)Nc3ccc(Cl)cc3)C2=O)c(F)c1. The van der Waals surface area contributed by atoms with E-state index in [-0.39, 0.29) is 11.6 Å². The van der Waals surface area contributed by atoms with Crippen molar-refractivity contribution in [1.29, 1.82) is 0 Å². The molecule has 3 aromatic carbocycles. The van der Waals surface area contributed by atoms with Crippen molar-refractivity contribution >= 4 is 46.1 Å². The second-order valence-electron chi connectivity index (χ2n) is 7.91. The lowest BCUT2D eigenvalue weighted by Crippen LogP contribution is -2.53. The molecule has 0 bridgehead atoms. The fourth-order valence-electron chi connectivity index (χ4n) is 3.96. The average molecular weight is 500 g/mol. The molecule has 0 radical (unpaired) electrons. The minimum absolute atomic E-state index is 0.147. The van der Waals surface area contributed by atoms with Crippen LogP contribution in [0.2, 0.25) is 5.02 Å². The van der Waals surface area contributed by atoms with Crippen LogP contribution in [-0.2, 0) is 16.0 Å². The van der Waals surface area contributed by atoms with Gasteiger partial charge in [-0.1, -0.05) is 29.8 Å². The molecule has 2 unspecified atom stereocenters. The molecule has 1 aliphatic heterocycles. The lowest BCUT2D eigenvalue weighted by atomic mass is 10.0. The van der Waals surface area contributed by atoms with Gasteiger partial charge in [0.25, 0.3) is 0 Å². The largest absolute Gasteiger partial charge is 0.612 e. The van der Waals surface area contributed by atoms with E-state index in [0.29, 0.717) is 46.1 Å². The Hall–Kier alpha value is -3.07. The standard InChI is InChI=1S/C25H23ClFN3O3S/c1-34(33)23-7-3-2-5-19(23)16-8-13-22(20(27)15-16)30-14-4-6-21(24(30)31)29-25(32)28-18-11-9-17(26)10-12-18/h2-3,5,7-13,15,21H,4,6,14H2,1H3,(H2,28,29,32). The number of benzene rings is 3. The maximum Gasteiger partial charge on any atom is 0.319 e. The van der Waals surface area contributed by atoms with Crippen molar-refractivity contribution in [2.45, 2.75) is 23.8 Å². The van der Waals surface area contributed by atoms with E-state index in [2.05, 4.69) is 10.6 Å². The zero-order chi connectivity index (χ0) is 24.2. The van der Waals surface area contributed by atoms with E-state index in [1.165, 1.54) is 11.0 Å². The summed E-state index contributed by atoms with van der Waals surface area (Å²) in [5.41, 5.74) is 1.94. The topological polar surface area (TPSA) is 84.5 Å². The van der Waals surface area contributed by atoms with Crippen LogP contribution < -0.4 is 15.5 Å². The molecule has 3 aromatic rings. The number of nitrogens with one attached hydrogen (secondary N) is 2. The van der Waals surface area contributed by atoms with Crippen LogP contribution in [0.5, 0.6) is 0 Å². The molecule has 9 heteroatoms. The molecule has 0 aliphatic carbocycles. The highest BCUT2D eigenvalue weighted by Gasteiger charge is 2.32. The predicted octanol–water partition coefficient (Wildman–Crippen LogP) is 5.20. The van der Waals surface area contributed by atoms with Crippen LogP contribution in [0.4, 0.5) is 20.6 Å². The third-order valence-electron chi connectivity index (χ3n) is 5.59. The normalized spacial score (nSPS) is 16.8. The number of piperidine rings is 1. The van der Waals surface area contributed by atoms with Gasteiger partial charge in [0.05, 0.1) is 5.69 Å². The number of hydrogen-bond acceptors (Lipinski definition) is 3. The Bertz CT molecular complexity index is 1210. The quantitative estimate of drug-likeness (QED) is 0.473. The number of nitrogens with zero attached hydrogens (tertiary/aromatic N) is 1. The molecule has 1 heterocycles. The van der Waals surface area contributed by atoms with Crippen molar-refractivity contribution in [3.05, 3.63) is 77.6 Å². The molecule has 3 amide bonds. The number of anilines is 2. The molecule has 6 nitrogen and oxygen atoms in total. The number of urea groups is 1. The number of carbonyl (C=O) groups excluding carboxylic acids is 2. The van der Waals surface area contributed by atoms with Gasteiger partial charge >= 0.3 is 6.03 Å². The molecule has 1 fully saturated rings. The first-order valence-corrected chi connectivity index (χ1v) is 12.6. The van der Waals surface area contributed by atoms with Gasteiger partial charge in [-0.05, 0) is 78.1 Å². The molecule has 0 spiro atoms. The lowest BCUT2D eigenvalue weighted by Gasteiger charge is -2.33. The van der Waals surface area contributed by atoms with Gasteiger partial charge in [-0.15, -0.1) is 0 Å². The highest BCUT2D eigenvalue weighted by atomic mass is 35.5. The summed E-state index contributed by atoms with van der Waals surface area (Å²) in [4.78, 5) is 27.4. The number of amides is 3. The van der Waals surface area contributed by atoms with Crippen LogP contribution in [-0.4, -0.2) is 35.3 Å². The fourth-order valence-corrected chi connectivity index (χ4v) is 4.85. The zero-order valence-electron chi connectivity index (χ0n) is 18.4. The second-order valence-corrected chi connectivity index (χ2v) is 9.69. The van der Waals surface area contributed by atoms with E-state index in [0.717, 1.165) is 0 Å². The first-order chi connectivity index (χ1) is 16.3. The maximum absolute atomic E-state index is 15.2. The van der Waals surface area contributed by atoms with E-state index in [1.807, 2.05) is 0 Å². The molecule has 1 aliphatic rings. The van der Waals surface area contributed by atoms with Crippen molar-refractivity contribution < 1.29 is 18.5 Å². The summed E-state index contributed by atoms with van der Waals surface area (Å²) in [6.45, 7) is 0.349. The van der Waals surface area contributed by atoms with Crippen molar-refractivity contribution in [1.82, 2.24) is 5.32 Å². The summed E-state index contributed by atoms with van der Waals surface area (Å²) < 4.78 is 27.2. The zero-order valence-corrected chi connectivity index (χ0v) is 20.0. The predicted molar refractivity (Wildman–Crippen MR) is 133 cm³/mol. The van der Waals surface area contributed by atoms with E-state index in [9.17, 15) is 14.1 Å². The number of carbonyl (C=O) groups is 2. The Labute approximate surface area is 205 Å². The number of hydrogen-bond donors (Lipinski definition) is 2. The van der Waals surface area contributed by atoms with Crippen molar-refractivity contribution in [2.24, 2.45) is 0 Å². The summed E-state index contributed by atoms with van der Waals surface area (Å²) in [5, 5.41) is 5.89. The second kappa shape index (κ2) is 10.5. The van der Waals surface area contributed by atoms with Crippen LogP contribution in [0.1, 0.15) is 12.8 Å². The Morgan fingerprint density at radius 2 is 1.88 bits per heavy atom. The third-order valence-corrected chi connectivity index (χ3v) is 6.82. The maximum atomic E-state index is 15.2. The van der Waals surface area contributed by atoms with Gasteiger partial charge in [0.1, 0.15) is 18.1 Å². The minimum Gasteiger partial charge on any atom is -0.612 e. The monoisotopic (exact) mass is 499 g/mol. The lowest BCUT2D eigenvalue weighted by molar-refractivity contribution is -0.121. The van der Waals surface area contributed by atoms with Crippen LogP contribution >= 0.6 is 11.6 Å². The molecular weight excluding hydrogens is 477 g/mol. The summed E-state index contributed by atoms with van der Waals surface area (Å²) in [7, 11) is 0. The van der Waals surface area contributed by atoms with Gasteiger partial charge in [-0.3, -0.25) is 4.79 Å². The summed E-state index contributed by atoms with van der Waals surface area (Å²) >= 11 is 4.62. The van der Waals surface area contributed by atoms with Crippen molar-refractivity contribution in [3.63, 3.8) is 0 Å². The van der Waals surface area contributed by atoms with Crippen LogP contribution in [0.15, 0.2) is 71.6 Å². The summed E-state index contributed by atoms with van der Waals surface area (Å²) in [6, 6.07) is 17.0. The molecule has 4 rings (SSSR count). The molecule has 1 saturated heterocycles. The average Bonchev–Trinajstić information content (AvgIpc) is 2.82. The first kappa shape index (κ1) is 24.1. The Morgan fingerprint density at radius 1 is 1.15 bits per heavy atom. The Kier molecular flexibility index (Phi) is 7.41. The number of halogens is 2. The molecule has 2 N–H and O–H groups in total. The molecule has 0 aromatic heterocycles. The molecule has 34 heavy (non-hydrogen) atoms. The van der Waals surface area contributed by atoms with Gasteiger partial charge in [0.15, 0.2) is 4.90 Å². The summed E-state index contributed by atoms with van der Waals surface area (Å²) in [6.07, 6.45) is 2.64. The third kappa shape index (κ3) is 5.35. The van der Waals surface area contributed by atoms with E-state index in [4.69, 9.17) is 11.6 Å². The highest BCUT2D eigenvalue weighted by molar-refractivity contribution is 7.90. The van der Waals surface area contributed by atoms with E-state index >= 15 is 4.39 Å².